The van der Waals surface area contributed by atoms with Crippen molar-refractivity contribution in [1.82, 2.24) is 4.98 Å². The van der Waals surface area contributed by atoms with E-state index in [4.69, 9.17) is 4.42 Å². The monoisotopic (exact) mass is 222 g/mol. The van der Waals surface area contributed by atoms with E-state index in [1.165, 1.54) is 0 Å². The second kappa shape index (κ2) is 5.49. The van der Waals surface area contributed by atoms with Crippen molar-refractivity contribution in [2.75, 3.05) is 11.4 Å². The number of carbonyl (C=O) groups excluding carboxylic acids is 1. The molecule has 0 saturated heterocycles. The van der Waals surface area contributed by atoms with Gasteiger partial charge in [0.15, 0.2) is 0 Å². The normalized spacial score (nSPS) is 11.3. The van der Waals surface area contributed by atoms with Gasteiger partial charge < -0.3 is 4.42 Å². The predicted molar refractivity (Wildman–Crippen MR) is 63.2 cm³/mol. The van der Waals surface area contributed by atoms with E-state index >= 15 is 0 Å². The molecule has 0 bridgehead atoms. The molecule has 0 aliphatic heterocycles. The van der Waals surface area contributed by atoms with Crippen LogP contribution in [0, 0.1) is 12.8 Å². The summed E-state index contributed by atoms with van der Waals surface area (Å²) in [5.41, 5.74) is 0.775. The van der Waals surface area contributed by atoms with Gasteiger partial charge >= 0.3 is 6.01 Å². The van der Waals surface area contributed by atoms with Crippen molar-refractivity contribution in [3.05, 3.63) is 24.1 Å². The van der Waals surface area contributed by atoms with E-state index in [-0.39, 0.29) is 11.8 Å². The Morgan fingerprint density at radius 2 is 2.31 bits per heavy atom. The molecular formula is C12H18N2O2. The smallest absolute Gasteiger partial charge is 0.304 e. The van der Waals surface area contributed by atoms with Gasteiger partial charge in [0.25, 0.3) is 0 Å². The standard InChI is InChI=1S/C12H18N2O2/c1-5-6-7-14(11(15)9(2)3)12-13-10(4)8-16-12/h5-6,8-9H,7H2,1-4H3/b6-5+. The Labute approximate surface area is 96.0 Å². The zero-order valence-electron chi connectivity index (χ0n) is 10.2. The second-order valence-corrected chi connectivity index (χ2v) is 3.94. The van der Waals surface area contributed by atoms with E-state index in [2.05, 4.69) is 4.98 Å². The number of aromatic nitrogens is 1. The van der Waals surface area contributed by atoms with Gasteiger partial charge in [-0.05, 0) is 13.8 Å². The molecule has 0 unspecified atom stereocenters. The molecule has 16 heavy (non-hydrogen) atoms. The molecule has 0 aliphatic carbocycles. The Morgan fingerprint density at radius 1 is 1.62 bits per heavy atom. The maximum atomic E-state index is 12.0. The Morgan fingerprint density at radius 3 is 2.75 bits per heavy atom. The predicted octanol–water partition coefficient (Wildman–Crippen LogP) is 2.55. The molecule has 4 nitrogen and oxygen atoms in total. The average molecular weight is 222 g/mol. The number of carbonyl (C=O) groups is 1. The molecule has 1 aromatic rings. The van der Waals surface area contributed by atoms with Gasteiger partial charge in [0.1, 0.15) is 6.26 Å². The van der Waals surface area contributed by atoms with Gasteiger partial charge in [-0.25, -0.2) is 0 Å². The van der Waals surface area contributed by atoms with E-state index in [1.54, 1.807) is 11.2 Å². The van der Waals surface area contributed by atoms with Crippen LogP contribution in [-0.2, 0) is 4.79 Å². The third-order valence-electron chi connectivity index (χ3n) is 2.12. The molecule has 0 spiro atoms. The van der Waals surface area contributed by atoms with Crippen molar-refractivity contribution in [2.24, 2.45) is 5.92 Å². The number of hydrogen-bond donors (Lipinski definition) is 0. The Kier molecular flexibility index (Phi) is 4.28. The molecule has 0 atom stereocenters. The van der Waals surface area contributed by atoms with Crippen LogP contribution in [0.3, 0.4) is 0 Å². The molecule has 88 valence electrons. The molecule has 1 rings (SSSR count). The number of aryl methyl sites for hydroxylation is 1. The molecule has 0 fully saturated rings. The lowest BCUT2D eigenvalue weighted by atomic mass is 10.2. The molecule has 4 heteroatoms. The fourth-order valence-corrected chi connectivity index (χ4v) is 1.25. The molecule has 0 aromatic carbocycles. The van der Waals surface area contributed by atoms with Gasteiger partial charge in [-0.3, -0.25) is 9.69 Å². The lowest BCUT2D eigenvalue weighted by molar-refractivity contribution is -0.121. The van der Waals surface area contributed by atoms with Gasteiger partial charge in [-0.1, -0.05) is 26.0 Å². The number of hydrogen-bond acceptors (Lipinski definition) is 3. The molecule has 0 N–H and O–H groups in total. The molecule has 0 aliphatic rings. The topological polar surface area (TPSA) is 46.3 Å². The van der Waals surface area contributed by atoms with Crippen molar-refractivity contribution < 1.29 is 9.21 Å². The van der Waals surface area contributed by atoms with E-state index < -0.39 is 0 Å². The van der Waals surface area contributed by atoms with Gasteiger partial charge in [0.05, 0.1) is 5.69 Å². The van der Waals surface area contributed by atoms with Crippen LogP contribution < -0.4 is 4.90 Å². The molecule has 1 amide bonds. The van der Waals surface area contributed by atoms with Gasteiger partial charge in [-0.15, -0.1) is 0 Å². The minimum absolute atomic E-state index is 0.0138. The van der Waals surface area contributed by atoms with E-state index in [1.807, 2.05) is 39.8 Å². The minimum atomic E-state index is -0.0718. The number of oxazole rings is 1. The fourth-order valence-electron chi connectivity index (χ4n) is 1.25. The number of anilines is 1. The Bertz CT molecular complexity index is 380. The van der Waals surface area contributed by atoms with E-state index in [0.29, 0.717) is 12.6 Å². The summed E-state index contributed by atoms with van der Waals surface area (Å²) in [6.45, 7) is 7.97. The number of nitrogens with zero attached hydrogens (tertiary/aromatic N) is 2. The number of allylic oxidation sites excluding steroid dienone is 1. The highest BCUT2D eigenvalue weighted by Crippen LogP contribution is 2.15. The summed E-state index contributed by atoms with van der Waals surface area (Å²) in [5.74, 6) is -0.0580. The van der Waals surface area contributed by atoms with Gasteiger partial charge in [-0.2, -0.15) is 4.98 Å². The van der Waals surface area contributed by atoms with Crippen LogP contribution in [-0.4, -0.2) is 17.4 Å². The highest BCUT2D eigenvalue weighted by atomic mass is 16.4. The zero-order valence-corrected chi connectivity index (χ0v) is 10.2. The highest BCUT2D eigenvalue weighted by molar-refractivity contribution is 5.92. The molecular weight excluding hydrogens is 204 g/mol. The average Bonchev–Trinajstić information content (AvgIpc) is 2.65. The van der Waals surface area contributed by atoms with Crippen molar-refractivity contribution >= 4 is 11.9 Å². The first-order chi connectivity index (χ1) is 7.56. The third-order valence-corrected chi connectivity index (χ3v) is 2.12. The lowest BCUT2D eigenvalue weighted by Crippen LogP contribution is -2.34. The van der Waals surface area contributed by atoms with Crippen LogP contribution in [0.4, 0.5) is 6.01 Å². The van der Waals surface area contributed by atoms with Crippen LogP contribution in [0.25, 0.3) is 0 Å². The number of rotatable bonds is 4. The van der Waals surface area contributed by atoms with Crippen LogP contribution in [0.5, 0.6) is 0 Å². The SMILES string of the molecule is C/C=C/CN(C(=O)C(C)C)c1nc(C)co1. The van der Waals surface area contributed by atoms with Gasteiger partial charge in [0, 0.05) is 12.5 Å². The fraction of sp³-hybridized carbons (Fsp3) is 0.500. The first-order valence-corrected chi connectivity index (χ1v) is 5.41. The minimum Gasteiger partial charge on any atom is -0.431 e. The second-order valence-electron chi connectivity index (χ2n) is 3.94. The lowest BCUT2D eigenvalue weighted by Gasteiger charge is -2.18. The van der Waals surface area contributed by atoms with Crippen molar-refractivity contribution in [3.8, 4) is 0 Å². The third kappa shape index (κ3) is 2.95. The van der Waals surface area contributed by atoms with Crippen LogP contribution in [0.1, 0.15) is 26.5 Å². The Balaban J connectivity index is 2.91. The summed E-state index contributed by atoms with van der Waals surface area (Å²) >= 11 is 0. The molecule has 0 radical (unpaired) electrons. The molecule has 0 saturated carbocycles. The van der Waals surface area contributed by atoms with Gasteiger partial charge in [0.2, 0.25) is 5.91 Å². The summed E-state index contributed by atoms with van der Waals surface area (Å²) in [5, 5.41) is 0. The quantitative estimate of drug-likeness (QED) is 0.735. The Hall–Kier alpha value is -1.58. The van der Waals surface area contributed by atoms with Crippen LogP contribution in [0.15, 0.2) is 22.8 Å². The largest absolute Gasteiger partial charge is 0.431 e. The number of amides is 1. The van der Waals surface area contributed by atoms with Crippen molar-refractivity contribution in [3.63, 3.8) is 0 Å². The van der Waals surface area contributed by atoms with Crippen LogP contribution in [0.2, 0.25) is 0 Å². The zero-order chi connectivity index (χ0) is 12.1. The summed E-state index contributed by atoms with van der Waals surface area (Å²) in [6, 6.07) is 0.370. The van der Waals surface area contributed by atoms with E-state index in [0.717, 1.165) is 5.69 Å². The first-order valence-electron chi connectivity index (χ1n) is 5.41. The maximum absolute atomic E-state index is 12.0. The molecule has 1 heterocycles. The maximum Gasteiger partial charge on any atom is 0.304 e. The summed E-state index contributed by atoms with van der Waals surface area (Å²) in [7, 11) is 0. The van der Waals surface area contributed by atoms with Crippen molar-refractivity contribution in [2.45, 2.75) is 27.7 Å². The van der Waals surface area contributed by atoms with E-state index in [9.17, 15) is 4.79 Å². The van der Waals surface area contributed by atoms with Crippen molar-refractivity contribution in [1.29, 1.82) is 0 Å². The highest BCUT2D eigenvalue weighted by Gasteiger charge is 2.21. The summed E-state index contributed by atoms with van der Waals surface area (Å²) < 4.78 is 5.25. The van der Waals surface area contributed by atoms with Crippen LogP contribution >= 0.6 is 0 Å². The summed E-state index contributed by atoms with van der Waals surface area (Å²) in [6.07, 6.45) is 5.35. The first kappa shape index (κ1) is 12.5. The summed E-state index contributed by atoms with van der Waals surface area (Å²) in [4.78, 5) is 17.7. The molecule has 1 aromatic heterocycles.